The van der Waals surface area contributed by atoms with Crippen LogP contribution in [0.15, 0.2) is 58.5 Å². The summed E-state index contributed by atoms with van der Waals surface area (Å²) in [7, 11) is 0. The van der Waals surface area contributed by atoms with E-state index in [1.807, 2.05) is 24.3 Å². The quantitative estimate of drug-likeness (QED) is 0.453. The minimum absolute atomic E-state index is 0.0406. The first-order valence-electron chi connectivity index (χ1n) is 10.3. The molecule has 2 aromatic carbocycles. The number of carbonyl (C=O) groups excluding carboxylic acids is 1. The van der Waals surface area contributed by atoms with Gasteiger partial charge in [0.05, 0.1) is 16.2 Å². The fraction of sp³-hybridized carbons (Fsp3) is 0.348. The summed E-state index contributed by atoms with van der Waals surface area (Å²) in [5.41, 5.74) is 1.13. The summed E-state index contributed by atoms with van der Waals surface area (Å²) in [4.78, 5) is 30.7. The van der Waals surface area contributed by atoms with Crippen LogP contribution in [0.4, 0.5) is 10.1 Å². The van der Waals surface area contributed by atoms with E-state index in [0.717, 1.165) is 25.7 Å². The number of amides is 1. The second kappa shape index (κ2) is 9.00. The Balaban J connectivity index is 1.64. The standard InChI is InChI=1S/C23H24FN3O2S/c1-15(21(28)25-17-13-11-16(24)12-14-17)30-23-26-20-10-6-5-9-19(20)22(29)27(23)18-7-3-2-4-8-18/h5-6,9-15,18H,2-4,7-8H2,1H3,(H,25,28)/t15-/m1/s1. The number of halogens is 1. The predicted molar refractivity (Wildman–Crippen MR) is 118 cm³/mol. The van der Waals surface area contributed by atoms with E-state index in [2.05, 4.69) is 5.32 Å². The van der Waals surface area contributed by atoms with Crippen LogP contribution in [0.3, 0.4) is 0 Å². The summed E-state index contributed by atoms with van der Waals surface area (Å²) < 4.78 is 14.9. The highest BCUT2D eigenvalue weighted by Gasteiger charge is 2.24. The average molecular weight is 426 g/mol. The van der Waals surface area contributed by atoms with E-state index in [4.69, 9.17) is 4.98 Å². The van der Waals surface area contributed by atoms with Gasteiger partial charge >= 0.3 is 0 Å². The summed E-state index contributed by atoms with van der Waals surface area (Å²) in [6, 6.07) is 13.1. The van der Waals surface area contributed by atoms with Crippen LogP contribution in [-0.2, 0) is 4.79 Å². The maximum Gasteiger partial charge on any atom is 0.262 e. The average Bonchev–Trinajstić information content (AvgIpc) is 2.76. The van der Waals surface area contributed by atoms with Crippen molar-refractivity contribution in [3.63, 3.8) is 0 Å². The number of benzene rings is 2. The van der Waals surface area contributed by atoms with E-state index in [1.54, 1.807) is 11.5 Å². The molecule has 1 N–H and O–H groups in total. The first-order valence-corrected chi connectivity index (χ1v) is 11.2. The van der Waals surface area contributed by atoms with Gasteiger partial charge in [0, 0.05) is 11.7 Å². The van der Waals surface area contributed by atoms with E-state index < -0.39 is 5.25 Å². The molecule has 1 saturated carbocycles. The molecule has 5 nitrogen and oxygen atoms in total. The number of rotatable bonds is 5. The fourth-order valence-electron chi connectivity index (χ4n) is 3.86. The molecule has 1 heterocycles. The van der Waals surface area contributed by atoms with Gasteiger partial charge in [-0.05, 0) is 56.2 Å². The van der Waals surface area contributed by atoms with Gasteiger partial charge in [0.1, 0.15) is 5.82 Å². The zero-order valence-corrected chi connectivity index (χ0v) is 17.6. The minimum Gasteiger partial charge on any atom is -0.325 e. The maximum atomic E-state index is 13.3. The van der Waals surface area contributed by atoms with Gasteiger partial charge in [0.2, 0.25) is 5.91 Å². The maximum absolute atomic E-state index is 13.3. The summed E-state index contributed by atoms with van der Waals surface area (Å²) in [6.45, 7) is 1.79. The number of carbonyl (C=O) groups is 1. The molecule has 0 aliphatic heterocycles. The van der Waals surface area contributed by atoms with Crippen molar-refractivity contribution in [2.75, 3.05) is 5.32 Å². The molecule has 1 aromatic heterocycles. The summed E-state index contributed by atoms with van der Waals surface area (Å²) in [5.74, 6) is -0.573. The highest BCUT2D eigenvalue weighted by atomic mass is 32.2. The second-order valence-electron chi connectivity index (χ2n) is 7.63. The first-order chi connectivity index (χ1) is 14.5. The highest BCUT2D eigenvalue weighted by molar-refractivity contribution is 8.00. The van der Waals surface area contributed by atoms with Gasteiger partial charge < -0.3 is 5.32 Å². The Kier molecular flexibility index (Phi) is 6.18. The first kappa shape index (κ1) is 20.6. The molecule has 1 amide bonds. The lowest BCUT2D eigenvalue weighted by Crippen LogP contribution is -2.30. The van der Waals surface area contributed by atoms with Crippen LogP contribution in [0, 0.1) is 5.82 Å². The van der Waals surface area contributed by atoms with E-state index in [-0.39, 0.29) is 23.3 Å². The number of hydrogen-bond acceptors (Lipinski definition) is 4. The summed E-state index contributed by atoms with van der Waals surface area (Å²) in [6.07, 6.45) is 5.27. The van der Waals surface area contributed by atoms with Gasteiger partial charge in [-0.1, -0.05) is 43.2 Å². The zero-order valence-electron chi connectivity index (χ0n) is 16.8. The van der Waals surface area contributed by atoms with Gasteiger partial charge in [-0.2, -0.15) is 0 Å². The molecular weight excluding hydrogens is 401 g/mol. The van der Waals surface area contributed by atoms with Gasteiger partial charge in [0.15, 0.2) is 5.16 Å². The molecule has 1 aliphatic carbocycles. The molecule has 0 spiro atoms. The van der Waals surface area contributed by atoms with Gasteiger partial charge in [-0.25, -0.2) is 9.37 Å². The van der Waals surface area contributed by atoms with E-state index in [1.165, 1.54) is 42.4 Å². The van der Waals surface area contributed by atoms with Gasteiger partial charge in [-0.3, -0.25) is 14.2 Å². The monoisotopic (exact) mass is 425 g/mol. The Bertz CT molecular complexity index is 1110. The zero-order chi connectivity index (χ0) is 21.1. The lowest BCUT2D eigenvalue weighted by molar-refractivity contribution is -0.115. The highest BCUT2D eigenvalue weighted by Crippen LogP contribution is 2.32. The SMILES string of the molecule is C[C@@H](Sc1nc2ccccc2c(=O)n1C1CCCCC1)C(=O)Nc1ccc(F)cc1. The smallest absolute Gasteiger partial charge is 0.262 e. The van der Waals surface area contributed by atoms with Crippen molar-refractivity contribution < 1.29 is 9.18 Å². The van der Waals surface area contributed by atoms with Crippen molar-refractivity contribution in [1.82, 2.24) is 9.55 Å². The number of anilines is 1. The van der Waals surface area contributed by atoms with E-state index in [9.17, 15) is 14.0 Å². The van der Waals surface area contributed by atoms with Crippen molar-refractivity contribution in [2.45, 2.75) is 55.5 Å². The van der Waals surface area contributed by atoms with Crippen LogP contribution in [0.2, 0.25) is 0 Å². The van der Waals surface area contributed by atoms with Crippen molar-refractivity contribution >= 4 is 34.3 Å². The minimum atomic E-state index is -0.474. The van der Waals surface area contributed by atoms with E-state index >= 15 is 0 Å². The second-order valence-corrected chi connectivity index (χ2v) is 8.94. The van der Waals surface area contributed by atoms with Crippen LogP contribution in [-0.4, -0.2) is 20.7 Å². The molecule has 0 unspecified atom stereocenters. The molecule has 0 saturated heterocycles. The molecule has 0 bridgehead atoms. The van der Waals surface area contributed by atoms with Crippen molar-refractivity contribution in [2.24, 2.45) is 0 Å². The van der Waals surface area contributed by atoms with E-state index in [0.29, 0.717) is 21.7 Å². The molecular formula is C23H24FN3O2S. The lowest BCUT2D eigenvalue weighted by Gasteiger charge is -2.26. The van der Waals surface area contributed by atoms with Crippen LogP contribution in [0.5, 0.6) is 0 Å². The summed E-state index contributed by atoms with van der Waals surface area (Å²) >= 11 is 1.29. The van der Waals surface area contributed by atoms with Crippen molar-refractivity contribution in [1.29, 1.82) is 0 Å². The molecule has 1 atom stereocenters. The third kappa shape index (κ3) is 4.41. The van der Waals surface area contributed by atoms with Gasteiger partial charge in [-0.15, -0.1) is 0 Å². The fourth-order valence-corrected chi connectivity index (χ4v) is 4.84. The number of nitrogens with one attached hydrogen (secondary N) is 1. The molecule has 7 heteroatoms. The Hall–Kier alpha value is -2.67. The van der Waals surface area contributed by atoms with Crippen LogP contribution in [0.1, 0.15) is 45.1 Å². The number of fused-ring (bicyclic) bond motifs is 1. The normalized spacial score (nSPS) is 15.8. The van der Waals surface area contributed by atoms with Gasteiger partial charge in [0.25, 0.3) is 5.56 Å². The molecule has 0 radical (unpaired) electrons. The number of aromatic nitrogens is 2. The predicted octanol–water partition coefficient (Wildman–Crippen LogP) is 5.16. The van der Waals surface area contributed by atoms with Crippen LogP contribution < -0.4 is 10.9 Å². The molecule has 156 valence electrons. The molecule has 1 aliphatic rings. The van der Waals surface area contributed by atoms with Crippen molar-refractivity contribution in [3.8, 4) is 0 Å². The number of nitrogens with zero attached hydrogens (tertiary/aromatic N) is 2. The molecule has 3 aromatic rings. The van der Waals surface area contributed by atoms with Crippen molar-refractivity contribution in [3.05, 3.63) is 64.7 Å². The third-order valence-electron chi connectivity index (χ3n) is 5.48. The number of hydrogen-bond donors (Lipinski definition) is 1. The Morgan fingerprint density at radius 2 is 1.83 bits per heavy atom. The molecule has 1 fully saturated rings. The number of thioether (sulfide) groups is 1. The summed E-state index contributed by atoms with van der Waals surface area (Å²) in [5, 5.41) is 3.51. The largest absolute Gasteiger partial charge is 0.325 e. The van der Waals surface area contributed by atoms with Crippen LogP contribution in [0.25, 0.3) is 10.9 Å². The molecule has 30 heavy (non-hydrogen) atoms. The Morgan fingerprint density at radius 3 is 2.57 bits per heavy atom. The lowest BCUT2D eigenvalue weighted by atomic mass is 9.95. The molecule has 4 rings (SSSR count). The topological polar surface area (TPSA) is 64.0 Å². The van der Waals surface area contributed by atoms with Crippen LogP contribution >= 0.6 is 11.8 Å². The Labute approximate surface area is 178 Å². The number of para-hydroxylation sites is 1. The Morgan fingerprint density at radius 1 is 1.13 bits per heavy atom. The third-order valence-corrected chi connectivity index (χ3v) is 6.54.